The Morgan fingerprint density at radius 1 is 1.18 bits per heavy atom. The predicted molar refractivity (Wildman–Crippen MR) is 148 cm³/mol. The largest absolute Gasteiger partial charge is 0.487 e. The molecule has 0 bridgehead atoms. The lowest BCUT2D eigenvalue weighted by Gasteiger charge is -2.38. The number of hydrogen-bond acceptors (Lipinski definition) is 7. The first-order chi connectivity index (χ1) is 19.1. The summed E-state index contributed by atoms with van der Waals surface area (Å²) in [5.74, 6) is 5.19. The minimum Gasteiger partial charge on any atom is -0.487 e. The average Bonchev–Trinajstić information content (AvgIpc) is 2.93. The number of ether oxygens (including phenoxy) is 2. The quantitative estimate of drug-likeness (QED) is 0.526. The Balaban J connectivity index is 1.65. The number of nitrogens with zero attached hydrogens (tertiary/aromatic N) is 3. The fraction of sp³-hybridized carbons (Fsp3) is 0.483. The van der Waals surface area contributed by atoms with Crippen molar-refractivity contribution in [2.45, 2.75) is 30.9 Å². The van der Waals surface area contributed by atoms with Crippen molar-refractivity contribution in [3.05, 3.63) is 59.4 Å². The van der Waals surface area contributed by atoms with E-state index in [-0.39, 0.29) is 48.7 Å². The monoisotopic (exact) mass is 573 g/mol. The second-order valence-corrected chi connectivity index (χ2v) is 12.2. The van der Waals surface area contributed by atoms with Gasteiger partial charge in [-0.1, -0.05) is 24.8 Å². The van der Waals surface area contributed by atoms with Crippen LogP contribution in [0, 0.1) is 23.6 Å². The van der Waals surface area contributed by atoms with Crippen molar-refractivity contribution in [2.24, 2.45) is 5.92 Å². The zero-order valence-corrected chi connectivity index (χ0v) is 23.9. The molecule has 2 aliphatic heterocycles. The van der Waals surface area contributed by atoms with E-state index in [9.17, 15) is 22.7 Å². The summed E-state index contributed by atoms with van der Waals surface area (Å²) in [7, 11) is -2.30. The lowest BCUT2D eigenvalue weighted by atomic mass is 10.0. The maximum atomic E-state index is 13.7. The van der Waals surface area contributed by atoms with E-state index in [1.54, 1.807) is 43.1 Å². The van der Waals surface area contributed by atoms with Crippen LogP contribution in [0.2, 0.25) is 0 Å². The first kappa shape index (κ1) is 30.0. The highest BCUT2D eigenvalue weighted by Gasteiger charge is 2.38. The zero-order valence-electron chi connectivity index (χ0n) is 23.0. The van der Waals surface area contributed by atoms with E-state index in [0.29, 0.717) is 37.4 Å². The van der Waals surface area contributed by atoms with Crippen LogP contribution in [-0.2, 0) is 19.6 Å². The van der Waals surface area contributed by atoms with E-state index in [1.807, 2.05) is 11.8 Å². The van der Waals surface area contributed by atoms with Crippen LogP contribution in [-0.4, -0.2) is 105 Å². The van der Waals surface area contributed by atoms with Gasteiger partial charge >= 0.3 is 0 Å². The van der Waals surface area contributed by atoms with E-state index >= 15 is 0 Å². The molecule has 0 radical (unpaired) electrons. The third kappa shape index (κ3) is 7.19. The van der Waals surface area contributed by atoms with E-state index < -0.39 is 28.0 Å². The minimum atomic E-state index is -4.01. The highest BCUT2D eigenvalue weighted by molar-refractivity contribution is 7.89. The van der Waals surface area contributed by atoms with Crippen molar-refractivity contribution in [3.63, 3.8) is 0 Å². The van der Waals surface area contributed by atoms with E-state index in [4.69, 9.17) is 9.47 Å². The van der Waals surface area contributed by atoms with Crippen LogP contribution < -0.4 is 4.74 Å². The van der Waals surface area contributed by atoms with Gasteiger partial charge in [0.2, 0.25) is 15.9 Å². The van der Waals surface area contributed by atoms with Crippen LogP contribution in [0.3, 0.4) is 0 Å². The molecule has 2 heterocycles. The summed E-state index contributed by atoms with van der Waals surface area (Å²) < 4.78 is 54.0. The topological polar surface area (TPSA) is 99.6 Å². The van der Waals surface area contributed by atoms with Crippen molar-refractivity contribution in [3.8, 4) is 17.6 Å². The molecule has 1 amide bonds. The number of hydrogen-bond donors (Lipinski definition) is 1. The third-order valence-electron chi connectivity index (χ3n) is 7.19. The molecule has 1 saturated heterocycles. The van der Waals surface area contributed by atoms with Crippen molar-refractivity contribution >= 4 is 15.9 Å². The molecule has 2 aromatic rings. The fourth-order valence-corrected chi connectivity index (χ4v) is 6.50. The number of carbonyl (C=O) groups excluding carboxylic acids is 1. The second kappa shape index (κ2) is 13.1. The molecule has 11 heteroatoms. The number of aliphatic hydroxyl groups excluding tert-OH is 1. The molecule has 0 saturated carbocycles. The van der Waals surface area contributed by atoms with Crippen LogP contribution >= 0.6 is 0 Å². The SMILES string of the molecule is C[C@@H]1CN([C@H](C)CO)S(=O)(=O)c2ccc(C#Cc3cccc(F)c3)cc2O[C@@H]1CN(C)C(=O)CN1CCOCC1. The molecule has 0 spiro atoms. The smallest absolute Gasteiger partial charge is 0.247 e. The van der Waals surface area contributed by atoms with Gasteiger partial charge in [-0.25, -0.2) is 12.8 Å². The molecular formula is C29H36FN3O6S. The molecular weight excluding hydrogens is 537 g/mol. The van der Waals surface area contributed by atoms with Gasteiger partial charge in [0.15, 0.2) is 0 Å². The Hall–Kier alpha value is -3.01. The Morgan fingerprint density at radius 2 is 1.88 bits per heavy atom. The lowest BCUT2D eigenvalue weighted by molar-refractivity contribution is -0.133. The number of rotatable bonds is 6. The van der Waals surface area contributed by atoms with Crippen LogP contribution in [0.25, 0.3) is 0 Å². The number of sulfonamides is 1. The number of fused-ring (bicyclic) bond motifs is 1. The van der Waals surface area contributed by atoms with Gasteiger partial charge in [0.1, 0.15) is 22.6 Å². The maximum Gasteiger partial charge on any atom is 0.247 e. The standard InChI is InChI=1S/C29H36FN3O6S/c1-21-17-33(22(2)20-34)40(36,37)28-10-9-24(8-7-23-5-4-6-25(30)15-23)16-26(28)39-27(21)18-31(3)29(35)19-32-11-13-38-14-12-32/h4-6,9-10,15-16,21-22,27,34H,11-14,17-20H2,1-3H3/t21-,22-,27-/m1/s1. The fourth-order valence-electron chi connectivity index (χ4n) is 4.67. The summed E-state index contributed by atoms with van der Waals surface area (Å²) in [6.45, 7) is 6.35. The van der Waals surface area contributed by atoms with Crippen molar-refractivity contribution < 1.29 is 32.2 Å². The van der Waals surface area contributed by atoms with Crippen molar-refractivity contribution in [1.82, 2.24) is 14.1 Å². The van der Waals surface area contributed by atoms with E-state index in [0.717, 1.165) is 0 Å². The summed E-state index contributed by atoms with van der Waals surface area (Å²) >= 11 is 0. The number of amides is 1. The summed E-state index contributed by atoms with van der Waals surface area (Å²) in [6.07, 6.45) is -0.535. The Morgan fingerprint density at radius 3 is 2.55 bits per heavy atom. The number of benzene rings is 2. The molecule has 0 aromatic heterocycles. The second-order valence-electron chi connectivity index (χ2n) is 10.3. The van der Waals surface area contributed by atoms with Crippen LogP contribution in [0.15, 0.2) is 47.4 Å². The molecule has 216 valence electrons. The van der Waals surface area contributed by atoms with Crippen molar-refractivity contribution in [1.29, 1.82) is 0 Å². The number of carbonyl (C=O) groups is 1. The average molecular weight is 574 g/mol. The number of morpholine rings is 1. The molecule has 2 aromatic carbocycles. The molecule has 3 atom stereocenters. The van der Waals surface area contributed by atoms with Crippen LogP contribution in [0.1, 0.15) is 25.0 Å². The summed E-state index contributed by atoms with van der Waals surface area (Å²) in [5, 5.41) is 9.85. The number of likely N-dealkylation sites (N-methyl/N-ethyl adjacent to an activating group) is 1. The Bertz CT molecular complexity index is 1370. The van der Waals surface area contributed by atoms with Gasteiger partial charge in [-0.3, -0.25) is 9.69 Å². The zero-order chi connectivity index (χ0) is 28.9. The molecule has 1 N–H and O–H groups in total. The van der Waals surface area contributed by atoms with Gasteiger partial charge in [0, 0.05) is 49.8 Å². The normalized spacial score (nSPS) is 22.0. The summed E-state index contributed by atoms with van der Waals surface area (Å²) in [4.78, 5) is 16.6. The molecule has 0 unspecified atom stereocenters. The molecule has 0 aliphatic carbocycles. The lowest BCUT2D eigenvalue weighted by Crippen LogP contribution is -2.51. The van der Waals surface area contributed by atoms with E-state index in [2.05, 4.69) is 11.8 Å². The predicted octanol–water partition coefficient (Wildman–Crippen LogP) is 1.78. The summed E-state index contributed by atoms with van der Waals surface area (Å²) in [5.41, 5.74) is 0.971. The van der Waals surface area contributed by atoms with Gasteiger partial charge in [-0.2, -0.15) is 4.31 Å². The van der Waals surface area contributed by atoms with Crippen LogP contribution in [0.5, 0.6) is 5.75 Å². The Kier molecular flexibility index (Phi) is 9.81. The Labute approximate surface area is 235 Å². The van der Waals surface area contributed by atoms with Gasteiger partial charge < -0.3 is 19.5 Å². The molecule has 9 nitrogen and oxygen atoms in total. The molecule has 1 fully saturated rings. The first-order valence-electron chi connectivity index (χ1n) is 13.3. The van der Waals surface area contributed by atoms with Crippen molar-refractivity contribution in [2.75, 3.05) is 59.6 Å². The van der Waals surface area contributed by atoms with Gasteiger partial charge in [-0.15, -0.1) is 0 Å². The minimum absolute atomic E-state index is 0.0386. The van der Waals surface area contributed by atoms with E-state index in [1.165, 1.54) is 22.5 Å². The van der Waals surface area contributed by atoms with Gasteiger partial charge in [-0.05, 0) is 43.3 Å². The highest BCUT2D eigenvalue weighted by Crippen LogP contribution is 2.34. The highest BCUT2D eigenvalue weighted by atomic mass is 32.2. The van der Waals surface area contributed by atoms with Gasteiger partial charge in [0.05, 0.1) is 32.9 Å². The number of aliphatic hydroxyl groups is 1. The third-order valence-corrected chi connectivity index (χ3v) is 9.20. The van der Waals surface area contributed by atoms with Gasteiger partial charge in [0.25, 0.3) is 0 Å². The summed E-state index contributed by atoms with van der Waals surface area (Å²) in [6, 6.07) is 9.81. The number of halogens is 1. The molecule has 2 aliphatic rings. The first-order valence-corrected chi connectivity index (χ1v) is 14.8. The maximum absolute atomic E-state index is 13.7. The molecule has 40 heavy (non-hydrogen) atoms. The molecule has 4 rings (SSSR count). The van der Waals surface area contributed by atoms with Crippen LogP contribution in [0.4, 0.5) is 4.39 Å².